The minimum absolute atomic E-state index is 0.0897. The molecule has 0 unspecified atom stereocenters. The third kappa shape index (κ3) is 4.44. The highest BCUT2D eigenvalue weighted by Gasteiger charge is 2.15. The third-order valence-electron chi connectivity index (χ3n) is 2.55. The third-order valence-corrected chi connectivity index (χ3v) is 2.55. The van der Waals surface area contributed by atoms with Crippen LogP contribution in [0.15, 0.2) is 35.4 Å². The van der Waals surface area contributed by atoms with Crippen LogP contribution in [0.4, 0.5) is 5.95 Å². The van der Waals surface area contributed by atoms with Crippen LogP contribution in [0.2, 0.25) is 0 Å². The molecule has 0 saturated carbocycles. The highest BCUT2D eigenvalue weighted by Crippen LogP contribution is 1.99. The number of carbonyl (C=O) groups excluding carboxylic acids is 1. The molecule has 1 heterocycles. The lowest BCUT2D eigenvalue weighted by atomic mass is 10.1. The number of tetrazole rings is 1. The fraction of sp³-hybridized carbons (Fsp3) is 0.250. The molecule has 0 atom stereocenters. The summed E-state index contributed by atoms with van der Waals surface area (Å²) in [6, 6.07) is 9.25. The Bertz CT molecular complexity index is 696. The first-order chi connectivity index (χ1) is 10.5. The molecule has 10 heteroatoms. The van der Waals surface area contributed by atoms with Crippen molar-refractivity contribution in [2.75, 3.05) is 0 Å². The quantitative estimate of drug-likeness (QED) is 0.465. The van der Waals surface area contributed by atoms with Gasteiger partial charge in [0.15, 0.2) is 0 Å². The zero-order valence-corrected chi connectivity index (χ0v) is 11.7. The normalized spacial score (nSPS) is 11.2. The van der Waals surface area contributed by atoms with E-state index in [9.17, 15) is 14.9 Å². The van der Waals surface area contributed by atoms with Crippen molar-refractivity contribution >= 4 is 17.6 Å². The first-order valence-electron chi connectivity index (χ1n) is 6.32. The van der Waals surface area contributed by atoms with E-state index >= 15 is 0 Å². The van der Waals surface area contributed by atoms with Crippen LogP contribution in [-0.4, -0.2) is 36.7 Å². The second-order valence-corrected chi connectivity index (χ2v) is 4.42. The zero-order valence-electron chi connectivity index (χ0n) is 11.7. The first-order valence-corrected chi connectivity index (χ1v) is 6.32. The molecule has 0 radical (unpaired) electrons. The number of hydrogen-bond acceptors (Lipinski definition) is 7. The molecular formula is C12H13N7O3. The maximum atomic E-state index is 11.7. The van der Waals surface area contributed by atoms with Crippen molar-refractivity contribution < 1.29 is 9.72 Å². The standard InChI is InChI=1S/C12H13N7O3/c1-9(8-18-16-12(15-17-18)19(21)22)13-14-11(20)7-10-5-3-2-4-6-10/h2-6H,7-8H2,1H3,(H,14,20)/b13-9-. The fourth-order valence-corrected chi connectivity index (χ4v) is 1.59. The van der Waals surface area contributed by atoms with E-state index in [-0.39, 0.29) is 18.9 Å². The van der Waals surface area contributed by atoms with E-state index in [0.29, 0.717) is 5.71 Å². The summed E-state index contributed by atoms with van der Waals surface area (Å²) in [5.74, 6) is -0.844. The van der Waals surface area contributed by atoms with Gasteiger partial charge < -0.3 is 10.1 Å². The molecule has 0 aliphatic rings. The first kappa shape index (κ1) is 15.2. The molecule has 1 N–H and O–H groups in total. The molecule has 1 aromatic heterocycles. The van der Waals surface area contributed by atoms with Crippen LogP contribution in [0, 0.1) is 10.1 Å². The monoisotopic (exact) mass is 303 g/mol. The summed E-state index contributed by atoms with van der Waals surface area (Å²) < 4.78 is 0. The molecule has 1 aromatic carbocycles. The number of aromatic nitrogens is 4. The summed E-state index contributed by atoms with van der Waals surface area (Å²) in [5.41, 5.74) is 3.76. The Kier molecular flexibility index (Phi) is 4.85. The van der Waals surface area contributed by atoms with Crippen molar-refractivity contribution in [3.8, 4) is 0 Å². The number of hydrogen-bond donors (Lipinski definition) is 1. The molecule has 0 bridgehead atoms. The Morgan fingerprint density at radius 2 is 2.14 bits per heavy atom. The van der Waals surface area contributed by atoms with Gasteiger partial charge in [0, 0.05) is 5.21 Å². The summed E-state index contributed by atoms with van der Waals surface area (Å²) >= 11 is 0. The lowest BCUT2D eigenvalue weighted by molar-refractivity contribution is -0.394. The predicted octanol–water partition coefficient (Wildman–Crippen LogP) is 0.316. The second kappa shape index (κ2) is 7.02. The Morgan fingerprint density at radius 3 is 2.77 bits per heavy atom. The SMILES string of the molecule is C/C(Cn1nnc([N+](=O)[O-])n1)=N/NC(=O)Cc1ccccc1. The second-order valence-electron chi connectivity index (χ2n) is 4.42. The number of benzene rings is 1. The Balaban J connectivity index is 1.86. The largest absolute Gasteiger partial charge is 0.514 e. The van der Waals surface area contributed by atoms with Gasteiger partial charge >= 0.3 is 5.95 Å². The number of amides is 1. The van der Waals surface area contributed by atoms with Crippen LogP contribution in [0.25, 0.3) is 0 Å². The van der Waals surface area contributed by atoms with Crippen LogP contribution >= 0.6 is 0 Å². The molecule has 0 aliphatic carbocycles. The van der Waals surface area contributed by atoms with Gasteiger partial charge in [0.1, 0.15) is 6.54 Å². The molecule has 114 valence electrons. The molecule has 0 spiro atoms. The molecule has 2 rings (SSSR count). The highest BCUT2D eigenvalue weighted by atomic mass is 16.6. The highest BCUT2D eigenvalue weighted by molar-refractivity contribution is 5.84. The predicted molar refractivity (Wildman–Crippen MR) is 75.9 cm³/mol. The Hall–Kier alpha value is -3.17. The summed E-state index contributed by atoms with van der Waals surface area (Å²) in [5, 5.41) is 24.6. The van der Waals surface area contributed by atoms with Crippen LogP contribution in [0.1, 0.15) is 12.5 Å². The minimum atomic E-state index is -0.738. The zero-order chi connectivity index (χ0) is 15.9. The van der Waals surface area contributed by atoms with Crippen LogP contribution < -0.4 is 5.43 Å². The molecule has 2 aromatic rings. The van der Waals surface area contributed by atoms with Crippen LogP contribution in [0.3, 0.4) is 0 Å². The fourth-order valence-electron chi connectivity index (χ4n) is 1.59. The van der Waals surface area contributed by atoms with Gasteiger partial charge in [0.25, 0.3) is 0 Å². The van der Waals surface area contributed by atoms with Gasteiger partial charge in [0.05, 0.1) is 22.3 Å². The maximum Gasteiger partial charge on any atom is 0.514 e. The van der Waals surface area contributed by atoms with Crippen molar-refractivity contribution in [2.24, 2.45) is 5.10 Å². The number of nitrogens with zero attached hydrogens (tertiary/aromatic N) is 6. The van der Waals surface area contributed by atoms with E-state index in [1.807, 2.05) is 30.3 Å². The van der Waals surface area contributed by atoms with Crippen LogP contribution in [-0.2, 0) is 17.8 Å². The summed E-state index contributed by atoms with van der Waals surface area (Å²) in [7, 11) is 0. The summed E-state index contributed by atoms with van der Waals surface area (Å²) in [6.07, 6.45) is 0.213. The van der Waals surface area contributed by atoms with E-state index in [0.717, 1.165) is 10.4 Å². The van der Waals surface area contributed by atoms with E-state index in [2.05, 4.69) is 25.9 Å². The molecule has 0 fully saturated rings. The average molecular weight is 303 g/mol. The van der Waals surface area contributed by atoms with Gasteiger partial charge in [-0.3, -0.25) is 4.79 Å². The topological polar surface area (TPSA) is 128 Å². The maximum absolute atomic E-state index is 11.7. The summed E-state index contributed by atoms with van der Waals surface area (Å²) in [4.78, 5) is 22.4. The van der Waals surface area contributed by atoms with E-state index in [1.165, 1.54) is 0 Å². The number of rotatable bonds is 6. The number of carbonyl (C=O) groups is 1. The minimum Gasteiger partial charge on any atom is -0.390 e. The number of nitro groups is 1. The van der Waals surface area contributed by atoms with Crippen molar-refractivity contribution in [3.05, 3.63) is 46.0 Å². The van der Waals surface area contributed by atoms with Gasteiger partial charge in [-0.05, 0) is 17.4 Å². The lowest BCUT2D eigenvalue weighted by Crippen LogP contribution is -2.22. The lowest BCUT2D eigenvalue weighted by Gasteiger charge is -2.01. The molecule has 1 amide bonds. The van der Waals surface area contributed by atoms with Crippen molar-refractivity contribution in [1.82, 2.24) is 25.6 Å². The Morgan fingerprint density at radius 1 is 1.41 bits per heavy atom. The van der Waals surface area contributed by atoms with Crippen molar-refractivity contribution in [1.29, 1.82) is 0 Å². The van der Waals surface area contributed by atoms with Gasteiger partial charge in [-0.15, -0.1) is 0 Å². The van der Waals surface area contributed by atoms with E-state index in [1.54, 1.807) is 6.92 Å². The molecule has 22 heavy (non-hydrogen) atoms. The van der Waals surface area contributed by atoms with E-state index < -0.39 is 10.9 Å². The number of hydrazone groups is 1. The summed E-state index contributed by atoms with van der Waals surface area (Å²) in [6.45, 7) is 1.73. The number of nitrogens with one attached hydrogen (secondary N) is 1. The van der Waals surface area contributed by atoms with Crippen molar-refractivity contribution in [2.45, 2.75) is 19.9 Å². The van der Waals surface area contributed by atoms with Gasteiger partial charge in [0.2, 0.25) is 5.91 Å². The van der Waals surface area contributed by atoms with Gasteiger partial charge in [-0.25, -0.2) is 5.43 Å². The van der Waals surface area contributed by atoms with Gasteiger partial charge in [-0.1, -0.05) is 35.1 Å². The average Bonchev–Trinajstić information content (AvgIpc) is 2.95. The molecule has 0 saturated heterocycles. The molecule has 10 nitrogen and oxygen atoms in total. The smallest absolute Gasteiger partial charge is 0.390 e. The molecular weight excluding hydrogens is 290 g/mol. The van der Waals surface area contributed by atoms with Crippen molar-refractivity contribution in [3.63, 3.8) is 0 Å². The van der Waals surface area contributed by atoms with E-state index in [4.69, 9.17) is 0 Å². The molecule has 0 aliphatic heterocycles. The van der Waals surface area contributed by atoms with Gasteiger partial charge in [-0.2, -0.15) is 5.10 Å². The van der Waals surface area contributed by atoms with Crippen LogP contribution in [0.5, 0.6) is 0 Å². The Labute approximate surface area is 125 Å².